The molecule has 0 radical (unpaired) electrons. The molecule has 2 heterocycles. The van der Waals surface area contributed by atoms with Gasteiger partial charge in [0.15, 0.2) is 0 Å². The number of fused-ring (bicyclic) bond motifs is 1. The number of aryl methyl sites for hydroxylation is 1. The molecular weight excluding hydrogens is 272 g/mol. The van der Waals surface area contributed by atoms with Crippen LogP contribution in [0.3, 0.4) is 0 Å². The summed E-state index contributed by atoms with van der Waals surface area (Å²) in [4.78, 5) is 12.4. The lowest BCUT2D eigenvalue weighted by molar-refractivity contribution is 0.101. The van der Waals surface area contributed by atoms with Gasteiger partial charge >= 0.3 is 0 Å². The molecule has 0 unspecified atom stereocenters. The Morgan fingerprint density at radius 2 is 2.10 bits per heavy atom. The fourth-order valence-electron chi connectivity index (χ4n) is 2.20. The number of carbonyl (C=O) groups excluding carboxylic acids is 1. The average Bonchev–Trinajstić information content (AvgIpc) is 3.03. The first-order valence-electron chi connectivity index (χ1n) is 6.18. The van der Waals surface area contributed by atoms with Crippen LogP contribution in [0, 0.1) is 0 Å². The number of rotatable bonds is 3. The third-order valence-corrected chi connectivity index (χ3v) is 4.10. The Bertz CT molecular complexity index is 773. The van der Waals surface area contributed by atoms with E-state index in [2.05, 4.69) is 5.32 Å². The average molecular weight is 286 g/mol. The van der Waals surface area contributed by atoms with Crippen LogP contribution in [0.4, 0.5) is 5.69 Å². The second kappa shape index (κ2) is 5.02. The molecule has 1 aromatic carbocycles. The van der Waals surface area contributed by atoms with Crippen LogP contribution < -0.4 is 10.1 Å². The number of hydrogen-bond acceptors (Lipinski definition) is 3. The van der Waals surface area contributed by atoms with E-state index in [4.69, 9.17) is 4.74 Å². The summed E-state index contributed by atoms with van der Waals surface area (Å²) < 4.78 is 8.25. The van der Waals surface area contributed by atoms with Gasteiger partial charge in [0.25, 0.3) is 5.91 Å². The number of methoxy groups -OCH3 is 1. The van der Waals surface area contributed by atoms with Crippen molar-refractivity contribution in [3.05, 3.63) is 47.5 Å². The first kappa shape index (κ1) is 12.7. The predicted molar refractivity (Wildman–Crippen MR) is 81.7 cm³/mol. The molecule has 2 aromatic heterocycles. The van der Waals surface area contributed by atoms with E-state index in [0.717, 1.165) is 10.2 Å². The molecule has 4 nitrogen and oxygen atoms in total. The van der Waals surface area contributed by atoms with E-state index in [1.807, 2.05) is 53.4 Å². The maximum Gasteiger partial charge on any atom is 0.272 e. The molecule has 0 aliphatic rings. The normalized spacial score (nSPS) is 10.7. The number of amides is 1. The highest BCUT2D eigenvalue weighted by molar-refractivity contribution is 7.17. The van der Waals surface area contributed by atoms with Crippen molar-refractivity contribution >= 4 is 33.1 Å². The summed E-state index contributed by atoms with van der Waals surface area (Å²) in [5, 5.41) is 4.91. The predicted octanol–water partition coefficient (Wildman–Crippen LogP) is 3.50. The maximum absolute atomic E-state index is 12.4. The molecule has 102 valence electrons. The van der Waals surface area contributed by atoms with Crippen molar-refractivity contribution in [2.24, 2.45) is 7.05 Å². The van der Waals surface area contributed by atoms with Crippen LogP contribution in [0.5, 0.6) is 5.75 Å². The van der Waals surface area contributed by atoms with Gasteiger partial charge in [-0.15, -0.1) is 11.3 Å². The van der Waals surface area contributed by atoms with Crippen LogP contribution in [0.1, 0.15) is 10.5 Å². The minimum atomic E-state index is -0.139. The van der Waals surface area contributed by atoms with Gasteiger partial charge in [-0.1, -0.05) is 12.1 Å². The van der Waals surface area contributed by atoms with E-state index in [9.17, 15) is 4.79 Å². The van der Waals surface area contributed by atoms with Gasteiger partial charge in [0.1, 0.15) is 11.4 Å². The third kappa shape index (κ3) is 2.06. The molecule has 0 saturated heterocycles. The van der Waals surface area contributed by atoms with Gasteiger partial charge in [0, 0.05) is 7.05 Å². The molecule has 0 fully saturated rings. The number of anilines is 1. The number of ether oxygens (including phenoxy) is 1. The lowest BCUT2D eigenvalue weighted by atomic mass is 10.3. The van der Waals surface area contributed by atoms with E-state index in [0.29, 0.717) is 17.1 Å². The highest BCUT2D eigenvalue weighted by Gasteiger charge is 2.15. The van der Waals surface area contributed by atoms with Crippen LogP contribution in [0.15, 0.2) is 41.8 Å². The highest BCUT2D eigenvalue weighted by atomic mass is 32.1. The summed E-state index contributed by atoms with van der Waals surface area (Å²) in [6, 6.07) is 11.3. The summed E-state index contributed by atoms with van der Waals surface area (Å²) in [6.07, 6.45) is 0. The minimum absolute atomic E-state index is 0.139. The fraction of sp³-hybridized carbons (Fsp3) is 0.133. The van der Waals surface area contributed by atoms with Crippen LogP contribution in [0.25, 0.3) is 10.2 Å². The molecule has 0 saturated carbocycles. The zero-order chi connectivity index (χ0) is 14.1. The van der Waals surface area contributed by atoms with Crippen LogP contribution in [-0.2, 0) is 7.05 Å². The number of para-hydroxylation sites is 2. The molecule has 20 heavy (non-hydrogen) atoms. The van der Waals surface area contributed by atoms with E-state index in [-0.39, 0.29) is 5.91 Å². The second-order valence-corrected chi connectivity index (χ2v) is 5.36. The number of hydrogen-bond donors (Lipinski definition) is 1. The number of nitrogens with zero attached hydrogens (tertiary/aromatic N) is 1. The largest absolute Gasteiger partial charge is 0.495 e. The van der Waals surface area contributed by atoms with Crippen molar-refractivity contribution in [2.45, 2.75) is 0 Å². The lowest BCUT2D eigenvalue weighted by Gasteiger charge is -2.10. The number of aromatic nitrogens is 1. The Hall–Kier alpha value is -2.27. The van der Waals surface area contributed by atoms with Crippen molar-refractivity contribution in [3.63, 3.8) is 0 Å². The summed E-state index contributed by atoms with van der Waals surface area (Å²) in [5.74, 6) is 0.511. The standard InChI is InChI=1S/C15H14N2O2S/c1-17-11-7-8-20-14(11)9-12(17)15(18)16-10-5-3-4-6-13(10)19-2/h3-9H,1-2H3,(H,16,18). The van der Waals surface area contributed by atoms with E-state index in [1.54, 1.807) is 18.4 Å². The molecule has 3 aromatic rings. The Kier molecular flexibility index (Phi) is 3.20. The molecule has 0 aliphatic carbocycles. The smallest absolute Gasteiger partial charge is 0.272 e. The first-order chi connectivity index (χ1) is 9.70. The SMILES string of the molecule is COc1ccccc1NC(=O)c1cc2sccc2n1C. The monoisotopic (exact) mass is 286 g/mol. The van der Waals surface area contributed by atoms with Gasteiger partial charge in [-0.2, -0.15) is 0 Å². The Balaban J connectivity index is 1.93. The van der Waals surface area contributed by atoms with Crippen molar-refractivity contribution in [2.75, 3.05) is 12.4 Å². The molecule has 1 amide bonds. The first-order valence-corrected chi connectivity index (χ1v) is 7.06. The van der Waals surface area contributed by atoms with Crippen molar-refractivity contribution in [1.29, 1.82) is 0 Å². The van der Waals surface area contributed by atoms with Gasteiger partial charge in [0.05, 0.1) is 23.0 Å². The van der Waals surface area contributed by atoms with E-state index >= 15 is 0 Å². The zero-order valence-corrected chi connectivity index (χ0v) is 12.0. The topological polar surface area (TPSA) is 43.3 Å². The van der Waals surface area contributed by atoms with Crippen molar-refractivity contribution in [3.8, 4) is 5.75 Å². The number of nitrogens with one attached hydrogen (secondary N) is 1. The molecule has 0 spiro atoms. The summed E-state index contributed by atoms with van der Waals surface area (Å²) in [6.45, 7) is 0. The van der Waals surface area contributed by atoms with Crippen LogP contribution in [0.2, 0.25) is 0 Å². The van der Waals surface area contributed by atoms with Crippen molar-refractivity contribution < 1.29 is 9.53 Å². The third-order valence-electron chi connectivity index (χ3n) is 3.25. The number of carbonyl (C=O) groups is 1. The number of thiophene rings is 1. The molecule has 0 bridgehead atoms. The summed E-state index contributed by atoms with van der Waals surface area (Å²) in [5.41, 5.74) is 2.38. The van der Waals surface area contributed by atoms with Crippen molar-refractivity contribution in [1.82, 2.24) is 4.57 Å². The minimum Gasteiger partial charge on any atom is -0.495 e. The molecule has 0 atom stereocenters. The van der Waals surface area contributed by atoms with E-state index in [1.165, 1.54) is 0 Å². The second-order valence-electron chi connectivity index (χ2n) is 4.41. The lowest BCUT2D eigenvalue weighted by Crippen LogP contribution is -2.16. The van der Waals surface area contributed by atoms with Gasteiger partial charge in [-0.05, 0) is 29.6 Å². The molecule has 0 aliphatic heterocycles. The maximum atomic E-state index is 12.4. The van der Waals surface area contributed by atoms with Gasteiger partial charge < -0.3 is 14.6 Å². The Morgan fingerprint density at radius 3 is 2.85 bits per heavy atom. The summed E-state index contributed by atoms with van der Waals surface area (Å²) in [7, 11) is 3.48. The van der Waals surface area contributed by atoms with Gasteiger partial charge in [-0.3, -0.25) is 4.79 Å². The number of benzene rings is 1. The summed E-state index contributed by atoms with van der Waals surface area (Å²) >= 11 is 1.63. The fourth-order valence-corrected chi connectivity index (χ4v) is 3.05. The quantitative estimate of drug-likeness (QED) is 0.800. The molecule has 3 rings (SSSR count). The highest BCUT2D eigenvalue weighted by Crippen LogP contribution is 2.27. The molecule has 5 heteroatoms. The Morgan fingerprint density at radius 1 is 1.30 bits per heavy atom. The molecule has 1 N–H and O–H groups in total. The van der Waals surface area contributed by atoms with Gasteiger partial charge in [0.2, 0.25) is 0 Å². The molecular formula is C15H14N2O2S. The van der Waals surface area contributed by atoms with E-state index < -0.39 is 0 Å². The van der Waals surface area contributed by atoms with Crippen LogP contribution >= 0.6 is 11.3 Å². The zero-order valence-electron chi connectivity index (χ0n) is 11.2. The van der Waals surface area contributed by atoms with Crippen LogP contribution in [-0.4, -0.2) is 17.6 Å². The Labute approximate surface area is 120 Å². The van der Waals surface area contributed by atoms with Gasteiger partial charge in [-0.25, -0.2) is 0 Å².